The van der Waals surface area contributed by atoms with Gasteiger partial charge in [-0.3, -0.25) is 6.54 Å². The van der Waals surface area contributed by atoms with Gasteiger partial charge in [0, 0.05) is 0 Å². The van der Waals surface area contributed by atoms with Crippen molar-refractivity contribution in [3.63, 3.8) is 0 Å². The molecule has 0 aromatic carbocycles. The van der Waals surface area contributed by atoms with E-state index in [4.69, 9.17) is 5.73 Å². The van der Waals surface area contributed by atoms with Crippen LogP contribution in [0.4, 0.5) is 0 Å². The normalized spacial score (nSPS) is 6.00. The molecule has 0 atom stereocenters. The van der Waals surface area contributed by atoms with Gasteiger partial charge in [0.2, 0.25) is 0 Å². The molecule has 0 spiro atoms. The van der Waals surface area contributed by atoms with Crippen LogP contribution >= 0.6 is 0 Å². The van der Waals surface area contributed by atoms with Crippen LogP contribution in [-0.4, -0.2) is 0 Å². The molecule has 0 aliphatic carbocycles. The number of nitrogens with two attached hydrogens (primary N) is 1. The predicted octanol–water partition coefficient (Wildman–Crippen LogP) is -2.48. The molecule has 2 N–H and O–H groups in total. The second kappa shape index (κ2) is 8.88. The average Bonchev–Trinajstić information content (AvgIpc) is 1.37. The summed E-state index contributed by atoms with van der Waals surface area (Å²) in [5, 5.41) is 0. The Labute approximate surface area is 55.2 Å². The molecule has 2 heteroatoms. The zero-order valence-corrected chi connectivity index (χ0v) is 5.86. The molecule has 5 heavy (non-hydrogen) atoms. The van der Waals surface area contributed by atoms with Crippen molar-refractivity contribution in [2.75, 3.05) is 0 Å². The first-order chi connectivity index (χ1) is 1.91. The molecule has 0 aromatic rings. The van der Waals surface area contributed by atoms with Crippen LogP contribution in [0.15, 0.2) is 0 Å². The van der Waals surface area contributed by atoms with Crippen molar-refractivity contribution in [2.45, 2.75) is 13.3 Å². The third kappa shape index (κ3) is 11.3. The van der Waals surface area contributed by atoms with E-state index in [9.17, 15) is 0 Å². The number of rotatable bonds is 1. The molecule has 1 nitrogen and oxygen atoms in total. The Morgan fingerprint density at radius 1 is 1.80 bits per heavy atom. The van der Waals surface area contributed by atoms with Crippen molar-refractivity contribution < 1.29 is 29.6 Å². The Kier molecular flexibility index (Phi) is 16.6. The SMILES string of the molecule is CC[CH-]N.[Na+]. The topological polar surface area (TPSA) is 26.0 Å². The van der Waals surface area contributed by atoms with Crippen LogP contribution in [0.1, 0.15) is 13.3 Å². The second-order valence-electron chi connectivity index (χ2n) is 0.644. The van der Waals surface area contributed by atoms with Crippen LogP contribution in [-0.2, 0) is 0 Å². The first kappa shape index (κ1) is 9.35. The third-order valence-corrected chi connectivity index (χ3v) is 0.236. The van der Waals surface area contributed by atoms with Crippen molar-refractivity contribution in [2.24, 2.45) is 5.73 Å². The molecule has 0 aliphatic heterocycles. The Morgan fingerprint density at radius 3 is 2.00 bits per heavy atom. The first-order valence-electron chi connectivity index (χ1n) is 1.45. The van der Waals surface area contributed by atoms with E-state index in [1.807, 2.05) is 6.92 Å². The van der Waals surface area contributed by atoms with Gasteiger partial charge in [-0.1, -0.05) is 6.92 Å². The molecule has 0 saturated carbocycles. The van der Waals surface area contributed by atoms with Crippen LogP contribution in [0.25, 0.3) is 0 Å². The Morgan fingerprint density at radius 2 is 2.00 bits per heavy atom. The van der Waals surface area contributed by atoms with Crippen LogP contribution in [0.2, 0.25) is 0 Å². The summed E-state index contributed by atoms with van der Waals surface area (Å²) in [4.78, 5) is 0. The summed E-state index contributed by atoms with van der Waals surface area (Å²) >= 11 is 0. The minimum absolute atomic E-state index is 0. The summed E-state index contributed by atoms with van der Waals surface area (Å²) in [6.07, 6.45) is 0.972. The summed E-state index contributed by atoms with van der Waals surface area (Å²) in [5.41, 5.74) is 4.90. The maximum atomic E-state index is 4.90. The number of hydrogen-bond donors (Lipinski definition) is 1. The summed E-state index contributed by atoms with van der Waals surface area (Å²) < 4.78 is 0. The quantitative estimate of drug-likeness (QED) is 0.274. The van der Waals surface area contributed by atoms with Gasteiger partial charge >= 0.3 is 29.6 Å². The molecule has 0 aromatic heterocycles. The van der Waals surface area contributed by atoms with Crippen molar-refractivity contribution >= 4 is 0 Å². The minimum Gasteiger partial charge on any atom is -0.483 e. The molecule has 0 heterocycles. The standard InChI is InChI=1S/C3H8N.Na/c1-2-3-4;/h3H,2,4H2,1H3;/q-1;+1. The molecule has 0 aliphatic rings. The molecule has 0 rings (SSSR count). The molecular weight excluding hydrogens is 73.0 g/mol. The Bertz CT molecular complexity index is 8.85. The fraction of sp³-hybridized carbons (Fsp3) is 0.667. The fourth-order valence-corrected chi connectivity index (χ4v) is 0. The summed E-state index contributed by atoms with van der Waals surface area (Å²) in [6, 6.07) is 0. The van der Waals surface area contributed by atoms with E-state index in [0.29, 0.717) is 0 Å². The molecule has 0 fully saturated rings. The van der Waals surface area contributed by atoms with Gasteiger partial charge in [-0.25, -0.2) is 0 Å². The van der Waals surface area contributed by atoms with Crippen molar-refractivity contribution in [1.82, 2.24) is 0 Å². The van der Waals surface area contributed by atoms with Gasteiger partial charge in [0.05, 0.1) is 0 Å². The van der Waals surface area contributed by atoms with E-state index < -0.39 is 0 Å². The largest absolute Gasteiger partial charge is 1.00 e. The van der Waals surface area contributed by atoms with Gasteiger partial charge in [0.25, 0.3) is 0 Å². The summed E-state index contributed by atoms with van der Waals surface area (Å²) in [7, 11) is 0. The minimum atomic E-state index is 0. The predicted molar refractivity (Wildman–Crippen MR) is 18.8 cm³/mol. The Hall–Kier alpha value is 0.960. The van der Waals surface area contributed by atoms with E-state index in [-0.39, 0.29) is 29.6 Å². The zero-order valence-electron chi connectivity index (χ0n) is 3.86. The van der Waals surface area contributed by atoms with Gasteiger partial charge in [0.1, 0.15) is 0 Å². The van der Waals surface area contributed by atoms with E-state index in [2.05, 4.69) is 0 Å². The summed E-state index contributed by atoms with van der Waals surface area (Å²) in [6.45, 7) is 3.62. The molecule has 0 bridgehead atoms. The van der Waals surface area contributed by atoms with Crippen molar-refractivity contribution in [3.05, 3.63) is 6.54 Å². The summed E-state index contributed by atoms with van der Waals surface area (Å²) in [5.74, 6) is 0. The van der Waals surface area contributed by atoms with Crippen LogP contribution < -0.4 is 35.3 Å². The first-order valence-corrected chi connectivity index (χ1v) is 1.45. The molecule has 0 saturated heterocycles. The van der Waals surface area contributed by atoms with Crippen LogP contribution in [0.5, 0.6) is 0 Å². The van der Waals surface area contributed by atoms with Gasteiger partial charge in [-0.15, -0.1) is 0 Å². The number of hydrogen-bond acceptors (Lipinski definition) is 1. The molecular formula is C3H8NNa. The third-order valence-electron chi connectivity index (χ3n) is 0.236. The van der Waals surface area contributed by atoms with Gasteiger partial charge < -0.3 is 5.73 Å². The van der Waals surface area contributed by atoms with E-state index in [1.54, 1.807) is 6.54 Å². The van der Waals surface area contributed by atoms with Crippen LogP contribution in [0.3, 0.4) is 0 Å². The van der Waals surface area contributed by atoms with Gasteiger partial charge in [-0.05, 0) is 0 Å². The van der Waals surface area contributed by atoms with E-state index >= 15 is 0 Å². The van der Waals surface area contributed by atoms with Gasteiger partial charge in [0.15, 0.2) is 0 Å². The monoisotopic (exact) mass is 81.1 g/mol. The van der Waals surface area contributed by atoms with E-state index in [1.165, 1.54) is 0 Å². The second-order valence-corrected chi connectivity index (χ2v) is 0.644. The van der Waals surface area contributed by atoms with Gasteiger partial charge in [-0.2, -0.15) is 6.42 Å². The van der Waals surface area contributed by atoms with Crippen molar-refractivity contribution in [1.29, 1.82) is 0 Å². The maximum absolute atomic E-state index is 4.90. The maximum Gasteiger partial charge on any atom is 1.00 e. The van der Waals surface area contributed by atoms with E-state index in [0.717, 1.165) is 6.42 Å². The smallest absolute Gasteiger partial charge is 0.483 e. The Balaban J connectivity index is 0. The molecule has 0 unspecified atom stereocenters. The molecule has 0 radical (unpaired) electrons. The zero-order chi connectivity index (χ0) is 3.41. The molecule has 0 amide bonds. The molecule has 26 valence electrons. The fourth-order valence-electron chi connectivity index (χ4n) is 0. The van der Waals surface area contributed by atoms with Crippen molar-refractivity contribution in [3.8, 4) is 0 Å². The average molecular weight is 81.1 g/mol. The van der Waals surface area contributed by atoms with Crippen LogP contribution in [0, 0.1) is 6.54 Å².